The molecule has 1 amide bonds. The Bertz CT molecular complexity index is 791. The van der Waals surface area contributed by atoms with Crippen molar-refractivity contribution in [3.05, 3.63) is 68.2 Å². The predicted octanol–water partition coefficient (Wildman–Crippen LogP) is 4.15. The number of amides is 1. The number of nitrogens with one attached hydrogen (secondary N) is 2. The molecule has 25 heavy (non-hydrogen) atoms. The molecule has 0 aliphatic heterocycles. The third kappa shape index (κ3) is 5.01. The Kier molecular flexibility index (Phi) is 6.12. The number of halogens is 1. The van der Waals surface area contributed by atoms with Gasteiger partial charge in [0, 0.05) is 17.1 Å². The molecule has 2 N–H and O–H groups in total. The van der Waals surface area contributed by atoms with E-state index >= 15 is 0 Å². The standard InChI is InChI=1S/C18H20ClN3O3/c1-11-8-16(17(22(24)25)9-12(11)2)21-18(23)10-20-13(3)14-4-6-15(19)7-5-14/h4-9,13,20H,10H2,1-3H3,(H,21,23)/t13-/m1/s1. The summed E-state index contributed by atoms with van der Waals surface area (Å²) in [6.07, 6.45) is 0. The lowest BCUT2D eigenvalue weighted by Crippen LogP contribution is -2.30. The summed E-state index contributed by atoms with van der Waals surface area (Å²) < 4.78 is 0. The first kappa shape index (κ1) is 18.9. The van der Waals surface area contributed by atoms with E-state index in [1.165, 1.54) is 6.07 Å². The van der Waals surface area contributed by atoms with Crippen LogP contribution >= 0.6 is 11.6 Å². The Labute approximate surface area is 151 Å². The molecule has 2 aromatic carbocycles. The molecule has 2 aromatic rings. The molecule has 0 spiro atoms. The van der Waals surface area contributed by atoms with Crippen LogP contribution in [0.15, 0.2) is 36.4 Å². The highest BCUT2D eigenvalue weighted by Gasteiger charge is 2.18. The van der Waals surface area contributed by atoms with Crippen LogP contribution in [0.4, 0.5) is 11.4 Å². The van der Waals surface area contributed by atoms with Crippen LogP contribution in [0.25, 0.3) is 0 Å². The van der Waals surface area contributed by atoms with Crippen molar-refractivity contribution in [3.8, 4) is 0 Å². The maximum Gasteiger partial charge on any atom is 0.293 e. The molecule has 1 atom stereocenters. The number of nitro benzene ring substituents is 1. The summed E-state index contributed by atoms with van der Waals surface area (Å²) in [5.74, 6) is -0.341. The first-order valence-corrected chi connectivity index (χ1v) is 8.20. The molecule has 0 fully saturated rings. The fourth-order valence-electron chi connectivity index (χ4n) is 2.36. The van der Waals surface area contributed by atoms with Gasteiger partial charge in [0.15, 0.2) is 0 Å². The topological polar surface area (TPSA) is 84.3 Å². The zero-order chi connectivity index (χ0) is 18.6. The van der Waals surface area contributed by atoms with Crippen molar-refractivity contribution in [2.24, 2.45) is 0 Å². The van der Waals surface area contributed by atoms with Crippen molar-refractivity contribution < 1.29 is 9.72 Å². The number of benzene rings is 2. The smallest absolute Gasteiger partial charge is 0.293 e. The van der Waals surface area contributed by atoms with Gasteiger partial charge < -0.3 is 10.6 Å². The van der Waals surface area contributed by atoms with Crippen LogP contribution in [0.1, 0.15) is 29.7 Å². The molecular formula is C18H20ClN3O3. The van der Waals surface area contributed by atoms with Gasteiger partial charge in [-0.05, 0) is 55.7 Å². The van der Waals surface area contributed by atoms with Gasteiger partial charge in [-0.15, -0.1) is 0 Å². The molecule has 0 aliphatic carbocycles. The van der Waals surface area contributed by atoms with E-state index in [1.54, 1.807) is 25.1 Å². The van der Waals surface area contributed by atoms with E-state index in [0.29, 0.717) is 5.02 Å². The van der Waals surface area contributed by atoms with Crippen LogP contribution < -0.4 is 10.6 Å². The zero-order valence-electron chi connectivity index (χ0n) is 14.3. The molecule has 0 unspecified atom stereocenters. The summed E-state index contributed by atoms with van der Waals surface area (Å²) in [5.41, 5.74) is 2.78. The number of carbonyl (C=O) groups excluding carboxylic acids is 1. The molecule has 132 valence electrons. The van der Waals surface area contributed by atoms with Crippen molar-refractivity contribution in [3.63, 3.8) is 0 Å². The summed E-state index contributed by atoms with van der Waals surface area (Å²) in [4.78, 5) is 22.8. The number of aryl methyl sites for hydroxylation is 2. The Balaban J connectivity index is 2.02. The molecule has 0 radical (unpaired) electrons. The Morgan fingerprint density at radius 1 is 1.20 bits per heavy atom. The van der Waals surface area contributed by atoms with E-state index in [4.69, 9.17) is 11.6 Å². The van der Waals surface area contributed by atoms with Gasteiger partial charge in [-0.2, -0.15) is 0 Å². The monoisotopic (exact) mass is 361 g/mol. The van der Waals surface area contributed by atoms with Gasteiger partial charge in [-0.3, -0.25) is 14.9 Å². The average molecular weight is 362 g/mol. The maximum absolute atomic E-state index is 12.2. The molecule has 2 rings (SSSR count). The van der Waals surface area contributed by atoms with Gasteiger partial charge in [0.05, 0.1) is 11.5 Å². The molecule has 0 aliphatic rings. The van der Waals surface area contributed by atoms with E-state index in [2.05, 4.69) is 10.6 Å². The number of nitro groups is 1. The maximum atomic E-state index is 12.2. The van der Waals surface area contributed by atoms with Crippen LogP contribution in [-0.4, -0.2) is 17.4 Å². The lowest BCUT2D eigenvalue weighted by Gasteiger charge is -2.14. The van der Waals surface area contributed by atoms with Crippen molar-refractivity contribution in [1.82, 2.24) is 5.32 Å². The fraction of sp³-hybridized carbons (Fsp3) is 0.278. The van der Waals surface area contributed by atoms with Crippen LogP contribution in [0.3, 0.4) is 0 Å². The molecule has 0 saturated carbocycles. The van der Waals surface area contributed by atoms with Gasteiger partial charge in [-0.25, -0.2) is 0 Å². The van der Waals surface area contributed by atoms with Gasteiger partial charge >= 0.3 is 0 Å². The summed E-state index contributed by atoms with van der Waals surface area (Å²) in [6, 6.07) is 10.4. The van der Waals surface area contributed by atoms with Crippen molar-refractivity contribution in [1.29, 1.82) is 0 Å². The second kappa shape index (κ2) is 8.09. The van der Waals surface area contributed by atoms with E-state index in [9.17, 15) is 14.9 Å². The second-order valence-corrected chi connectivity index (χ2v) is 6.35. The van der Waals surface area contributed by atoms with Crippen LogP contribution in [0.5, 0.6) is 0 Å². The number of hydrogen-bond acceptors (Lipinski definition) is 4. The van der Waals surface area contributed by atoms with Gasteiger partial charge in [0.2, 0.25) is 5.91 Å². The van der Waals surface area contributed by atoms with Crippen molar-refractivity contribution in [2.45, 2.75) is 26.8 Å². The number of nitrogens with zero attached hydrogens (tertiary/aromatic N) is 1. The molecular weight excluding hydrogens is 342 g/mol. The minimum Gasteiger partial charge on any atom is -0.319 e. The highest BCUT2D eigenvalue weighted by atomic mass is 35.5. The van der Waals surface area contributed by atoms with Gasteiger partial charge in [-0.1, -0.05) is 23.7 Å². The fourth-order valence-corrected chi connectivity index (χ4v) is 2.49. The van der Waals surface area contributed by atoms with Gasteiger partial charge in [0.25, 0.3) is 5.69 Å². The second-order valence-electron chi connectivity index (χ2n) is 5.91. The molecule has 0 aromatic heterocycles. The zero-order valence-corrected chi connectivity index (χ0v) is 15.1. The summed E-state index contributed by atoms with van der Waals surface area (Å²) in [7, 11) is 0. The van der Waals surface area contributed by atoms with Crippen LogP contribution in [0.2, 0.25) is 5.02 Å². The van der Waals surface area contributed by atoms with E-state index in [1.807, 2.05) is 26.0 Å². The number of hydrogen-bond donors (Lipinski definition) is 2. The van der Waals surface area contributed by atoms with Gasteiger partial charge in [0.1, 0.15) is 5.69 Å². The normalized spacial score (nSPS) is 11.8. The highest BCUT2D eigenvalue weighted by Crippen LogP contribution is 2.27. The number of rotatable bonds is 6. The molecule has 6 nitrogen and oxygen atoms in total. The van der Waals surface area contributed by atoms with Crippen LogP contribution in [-0.2, 0) is 4.79 Å². The summed E-state index contributed by atoms with van der Waals surface area (Å²) in [6.45, 7) is 5.60. The average Bonchev–Trinajstić information content (AvgIpc) is 2.56. The largest absolute Gasteiger partial charge is 0.319 e. The quantitative estimate of drug-likeness (QED) is 0.597. The third-order valence-corrected chi connectivity index (χ3v) is 4.27. The molecule has 0 bridgehead atoms. The lowest BCUT2D eigenvalue weighted by molar-refractivity contribution is -0.384. The highest BCUT2D eigenvalue weighted by molar-refractivity contribution is 6.30. The summed E-state index contributed by atoms with van der Waals surface area (Å²) in [5, 5.41) is 17.5. The first-order valence-electron chi connectivity index (χ1n) is 7.82. The number of anilines is 1. The van der Waals surface area contributed by atoms with E-state index in [-0.39, 0.29) is 29.9 Å². The minimum atomic E-state index is -0.494. The van der Waals surface area contributed by atoms with E-state index in [0.717, 1.165) is 16.7 Å². The number of carbonyl (C=O) groups is 1. The Morgan fingerprint density at radius 3 is 2.40 bits per heavy atom. The minimum absolute atomic E-state index is 0.0356. The lowest BCUT2D eigenvalue weighted by atomic mass is 10.1. The molecule has 0 heterocycles. The van der Waals surface area contributed by atoms with Crippen molar-refractivity contribution >= 4 is 28.9 Å². The SMILES string of the molecule is Cc1cc(NC(=O)CN[C@H](C)c2ccc(Cl)cc2)c([N+](=O)[O-])cc1C. The molecule has 7 heteroatoms. The first-order chi connectivity index (χ1) is 11.8. The molecule has 0 saturated heterocycles. The van der Waals surface area contributed by atoms with E-state index < -0.39 is 4.92 Å². The Hall–Kier alpha value is -2.44. The van der Waals surface area contributed by atoms with Crippen molar-refractivity contribution in [2.75, 3.05) is 11.9 Å². The third-order valence-electron chi connectivity index (χ3n) is 4.02. The summed E-state index contributed by atoms with van der Waals surface area (Å²) >= 11 is 5.86. The van der Waals surface area contributed by atoms with Crippen LogP contribution in [0, 0.1) is 24.0 Å². The predicted molar refractivity (Wildman–Crippen MR) is 99.1 cm³/mol. The Morgan fingerprint density at radius 2 is 1.80 bits per heavy atom.